The molecule has 0 aliphatic heterocycles. The van der Waals surface area contributed by atoms with Gasteiger partial charge in [0.05, 0.1) is 24.8 Å². The first-order valence-corrected chi connectivity index (χ1v) is 15.0. The summed E-state index contributed by atoms with van der Waals surface area (Å²) in [5, 5.41) is 2.88. The lowest BCUT2D eigenvalue weighted by molar-refractivity contribution is -0.140. The largest absolute Gasteiger partial charge is 0.497 e. The molecular weight excluding hydrogens is 542 g/mol. The van der Waals surface area contributed by atoms with Crippen molar-refractivity contribution >= 4 is 27.5 Å². The first-order chi connectivity index (χ1) is 19.7. The third-order valence-corrected chi connectivity index (χ3v) is 8.45. The number of carbonyl (C=O) groups excluding carboxylic acids is 2. The summed E-state index contributed by atoms with van der Waals surface area (Å²) in [6.07, 6.45) is 1.09. The molecule has 0 aromatic heterocycles. The normalized spacial score (nSPS) is 11.8. The van der Waals surface area contributed by atoms with Crippen molar-refractivity contribution in [3.63, 3.8) is 0 Å². The lowest BCUT2D eigenvalue weighted by Crippen LogP contribution is -2.52. The van der Waals surface area contributed by atoms with E-state index >= 15 is 0 Å². The Morgan fingerprint density at radius 3 is 2.20 bits per heavy atom. The lowest BCUT2D eigenvalue weighted by atomic mass is 10.1. The van der Waals surface area contributed by atoms with Gasteiger partial charge in [-0.1, -0.05) is 61.9 Å². The predicted molar refractivity (Wildman–Crippen MR) is 160 cm³/mol. The molecule has 0 spiro atoms. The van der Waals surface area contributed by atoms with E-state index in [2.05, 4.69) is 5.32 Å². The Morgan fingerprint density at radius 1 is 0.927 bits per heavy atom. The molecular formula is C31H39N3O6S. The van der Waals surface area contributed by atoms with Crippen LogP contribution in [0, 0.1) is 6.92 Å². The van der Waals surface area contributed by atoms with Crippen LogP contribution in [0.1, 0.15) is 37.8 Å². The van der Waals surface area contributed by atoms with E-state index in [0.29, 0.717) is 18.7 Å². The molecule has 3 rings (SSSR count). The van der Waals surface area contributed by atoms with E-state index in [4.69, 9.17) is 9.47 Å². The molecule has 0 bridgehead atoms. The number of aryl methyl sites for hydroxylation is 1. The quantitative estimate of drug-likeness (QED) is 0.300. The average Bonchev–Trinajstić information content (AvgIpc) is 2.98. The Balaban J connectivity index is 2.13. The SMILES string of the molecule is CCCNC(=O)[C@@H](CC)N(Cc1ccccc1)C(=O)CN(c1cc(OC)ccc1OC)S(=O)(=O)c1ccc(C)cc1. The Hall–Kier alpha value is -4.05. The summed E-state index contributed by atoms with van der Waals surface area (Å²) in [4.78, 5) is 28.8. The van der Waals surface area contributed by atoms with Gasteiger partial charge in [0.2, 0.25) is 11.8 Å². The van der Waals surface area contributed by atoms with E-state index in [1.807, 2.05) is 51.1 Å². The van der Waals surface area contributed by atoms with Gasteiger partial charge in [-0.05, 0) is 49.6 Å². The van der Waals surface area contributed by atoms with Crippen LogP contribution in [0.2, 0.25) is 0 Å². The minimum atomic E-state index is -4.25. The summed E-state index contributed by atoms with van der Waals surface area (Å²) >= 11 is 0. The fourth-order valence-electron chi connectivity index (χ4n) is 4.41. The summed E-state index contributed by atoms with van der Waals surface area (Å²) in [6, 6.07) is 19.7. The Labute approximate surface area is 243 Å². The summed E-state index contributed by atoms with van der Waals surface area (Å²) in [6.45, 7) is 5.67. The first kappa shape index (κ1) is 31.5. The molecule has 3 aromatic rings. The van der Waals surface area contributed by atoms with Crippen LogP contribution in [0.25, 0.3) is 0 Å². The monoisotopic (exact) mass is 581 g/mol. The van der Waals surface area contributed by atoms with Crippen molar-refractivity contribution in [2.45, 2.75) is 51.1 Å². The highest BCUT2D eigenvalue weighted by Crippen LogP contribution is 2.36. The van der Waals surface area contributed by atoms with Crippen molar-refractivity contribution in [1.29, 1.82) is 0 Å². The average molecular weight is 582 g/mol. The predicted octanol–water partition coefficient (Wildman–Crippen LogP) is 4.54. The second kappa shape index (κ2) is 14.5. The third kappa shape index (κ3) is 7.79. The zero-order chi connectivity index (χ0) is 30.0. The van der Waals surface area contributed by atoms with Gasteiger partial charge in [0, 0.05) is 19.2 Å². The summed E-state index contributed by atoms with van der Waals surface area (Å²) in [5.74, 6) is -0.182. The second-order valence-corrected chi connectivity index (χ2v) is 11.4. The van der Waals surface area contributed by atoms with E-state index in [9.17, 15) is 18.0 Å². The fraction of sp³-hybridized carbons (Fsp3) is 0.355. The maximum absolute atomic E-state index is 14.2. The molecule has 0 heterocycles. The number of ether oxygens (including phenoxy) is 2. The van der Waals surface area contributed by atoms with Crippen molar-refractivity contribution in [3.05, 3.63) is 83.9 Å². The highest BCUT2D eigenvalue weighted by molar-refractivity contribution is 7.92. The maximum atomic E-state index is 14.2. The van der Waals surface area contributed by atoms with Gasteiger partial charge in [-0.3, -0.25) is 13.9 Å². The Bertz CT molecular complexity index is 1410. The number of anilines is 1. The molecule has 0 aliphatic rings. The van der Waals surface area contributed by atoms with E-state index < -0.39 is 28.5 Å². The molecule has 0 unspecified atom stereocenters. The number of carbonyl (C=O) groups is 2. The number of hydrogen-bond donors (Lipinski definition) is 1. The number of amides is 2. The number of rotatable bonds is 14. The topological polar surface area (TPSA) is 105 Å². The van der Waals surface area contributed by atoms with E-state index in [1.54, 1.807) is 24.3 Å². The fourth-order valence-corrected chi connectivity index (χ4v) is 5.82. The molecule has 0 saturated heterocycles. The third-order valence-electron chi connectivity index (χ3n) is 6.67. The van der Waals surface area contributed by atoms with Gasteiger partial charge in [0.1, 0.15) is 24.1 Å². The minimum Gasteiger partial charge on any atom is -0.497 e. The van der Waals surface area contributed by atoms with E-state index in [1.165, 1.54) is 37.3 Å². The van der Waals surface area contributed by atoms with Gasteiger partial charge in [-0.15, -0.1) is 0 Å². The van der Waals surface area contributed by atoms with Crippen LogP contribution in [-0.4, -0.2) is 58.5 Å². The molecule has 3 aromatic carbocycles. The summed E-state index contributed by atoms with van der Waals surface area (Å²) in [7, 11) is -1.35. The molecule has 1 N–H and O–H groups in total. The number of methoxy groups -OCH3 is 2. The zero-order valence-electron chi connectivity index (χ0n) is 24.3. The van der Waals surface area contributed by atoms with Gasteiger partial charge in [0.15, 0.2) is 0 Å². The smallest absolute Gasteiger partial charge is 0.264 e. The minimum absolute atomic E-state index is 0.0168. The summed E-state index contributed by atoms with van der Waals surface area (Å²) in [5.41, 5.74) is 1.85. The molecule has 0 saturated carbocycles. The first-order valence-electron chi connectivity index (χ1n) is 13.6. The number of benzene rings is 3. The Morgan fingerprint density at radius 2 is 1.61 bits per heavy atom. The molecule has 220 valence electrons. The molecule has 9 nitrogen and oxygen atoms in total. The van der Waals surface area contributed by atoms with Crippen LogP contribution in [0.15, 0.2) is 77.7 Å². The van der Waals surface area contributed by atoms with Crippen molar-refractivity contribution in [1.82, 2.24) is 10.2 Å². The van der Waals surface area contributed by atoms with Crippen LogP contribution in [-0.2, 0) is 26.2 Å². The molecule has 41 heavy (non-hydrogen) atoms. The number of hydrogen-bond acceptors (Lipinski definition) is 6. The van der Waals surface area contributed by atoms with Gasteiger partial charge in [-0.2, -0.15) is 0 Å². The van der Waals surface area contributed by atoms with Crippen molar-refractivity contribution in [3.8, 4) is 11.5 Å². The lowest BCUT2D eigenvalue weighted by Gasteiger charge is -2.33. The van der Waals surface area contributed by atoms with E-state index in [-0.39, 0.29) is 28.8 Å². The molecule has 2 amide bonds. The van der Waals surface area contributed by atoms with Gasteiger partial charge in [-0.25, -0.2) is 8.42 Å². The van der Waals surface area contributed by atoms with Crippen LogP contribution < -0.4 is 19.1 Å². The van der Waals surface area contributed by atoms with Gasteiger partial charge < -0.3 is 19.7 Å². The van der Waals surface area contributed by atoms with Crippen LogP contribution in [0.5, 0.6) is 11.5 Å². The number of nitrogens with zero attached hydrogens (tertiary/aromatic N) is 2. The number of nitrogens with one attached hydrogen (secondary N) is 1. The summed E-state index contributed by atoms with van der Waals surface area (Å²) < 4.78 is 40.2. The number of sulfonamides is 1. The van der Waals surface area contributed by atoms with Crippen molar-refractivity contribution < 1.29 is 27.5 Å². The zero-order valence-corrected chi connectivity index (χ0v) is 25.1. The molecule has 1 atom stereocenters. The van der Waals surface area contributed by atoms with Crippen molar-refractivity contribution in [2.75, 3.05) is 31.6 Å². The maximum Gasteiger partial charge on any atom is 0.264 e. The molecule has 10 heteroatoms. The highest BCUT2D eigenvalue weighted by Gasteiger charge is 2.35. The van der Waals surface area contributed by atoms with E-state index in [0.717, 1.165) is 21.9 Å². The van der Waals surface area contributed by atoms with Gasteiger partial charge >= 0.3 is 0 Å². The molecule has 0 aliphatic carbocycles. The molecule has 0 radical (unpaired) electrons. The van der Waals surface area contributed by atoms with Crippen LogP contribution in [0.3, 0.4) is 0 Å². The van der Waals surface area contributed by atoms with Gasteiger partial charge in [0.25, 0.3) is 10.0 Å². The van der Waals surface area contributed by atoms with Crippen LogP contribution in [0.4, 0.5) is 5.69 Å². The Kier molecular flexibility index (Phi) is 11.2. The standard InChI is InChI=1S/C31H39N3O6S/c1-6-19-32-31(36)27(7-2)33(21-24-11-9-8-10-12-24)30(35)22-34(28-20-25(39-4)15-18-29(28)40-5)41(37,38)26-16-13-23(3)14-17-26/h8-18,20,27H,6-7,19,21-22H2,1-5H3,(H,32,36)/t27-/m1/s1. The van der Waals surface area contributed by atoms with Crippen LogP contribution >= 0.6 is 0 Å². The molecule has 0 fully saturated rings. The second-order valence-electron chi connectivity index (χ2n) is 9.58. The van der Waals surface area contributed by atoms with Crippen molar-refractivity contribution in [2.24, 2.45) is 0 Å². The highest BCUT2D eigenvalue weighted by atomic mass is 32.2.